The minimum absolute atomic E-state index is 0.118. The standard InChI is InChI=1S/C18H14ClFN2O3/c1-24-16-7-6-11(19)8-14(16)18(23)21-10-12-9-17(25-22-12)13-4-2-3-5-15(13)20/h2-9H,10H2,1H3,(H,21,23). The Kier molecular flexibility index (Phi) is 5.00. The highest BCUT2D eigenvalue weighted by Gasteiger charge is 2.15. The van der Waals surface area contributed by atoms with Crippen LogP contribution >= 0.6 is 11.6 Å². The third kappa shape index (κ3) is 3.80. The number of carbonyl (C=O) groups excluding carboxylic acids is 1. The van der Waals surface area contributed by atoms with Gasteiger partial charge in [0, 0.05) is 11.1 Å². The van der Waals surface area contributed by atoms with Crippen molar-refractivity contribution < 1.29 is 18.4 Å². The van der Waals surface area contributed by atoms with Crippen LogP contribution in [0, 0.1) is 5.82 Å². The number of aromatic nitrogens is 1. The number of ether oxygens (including phenoxy) is 1. The first-order chi connectivity index (χ1) is 12.1. The maximum Gasteiger partial charge on any atom is 0.255 e. The second-order valence-electron chi connectivity index (χ2n) is 5.19. The van der Waals surface area contributed by atoms with Gasteiger partial charge in [-0.3, -0.25) is 4.79 Å². The average Bonchev–Trinajstić information content (AvgIpc) is 3.08. The summed E-state index contributed by atoms with van der Waals surface area (Å²) in [6.07, 6.45) is 0. The number of halogens is 2. The predicted molar refractivity (Wildman–Crippen MR) is 91.1 cm³/mol. The average molecular weight is 361 g/mol. The molecule has 0 saturated heterocycles. The van der Waals surface area contributed by atoms with Crippen molar-refractivity contribution in [3.05, 3.63) is 70.6 Å². The van der Waals surface area contributed by atoms with Gasteiger partial charge in [0.2, 0.25) is 0 Å². The van der Waals surface area contributed by atoms with Crippen LogP contribution in [0.1, 0.15) is 16.1 Å². The van der Waals surface area contributed by atoms with E-state index in [-0.39, 0.29) is 12.5 Å². The molecule has 0 aliphatic rings. The molecular formula is C18H14ClFN2O3. The Hall–Kier alpha value is -2.86. The molecule has 5 nitrogen and oxygen atoms in total. The Bertz CT molecular complexity index is 911. The van der Waals surface area contributed by atoms with E-state index in [2.05, 4.69) is 10.5 Å². The van der Waals surface area contributed by atoms with Crippen molar-refractivity contribution in [1.82, 2.24) is 10.5 Å². The summed E-state index contributed by atoms with van der Waals surface area (Å²) in [6, 6.07) is 12.6. The number of carbonyl (C=O) groups is 1. The second kappa shape index (κ2) is 7.36. The van der Waals surface area contributed by atoms with Gasteiger partial charge in [-0.15, -0.1) is 0 Å². The SMILES string of the molecule is COc1ccc(Cl)cc1C(=O)NCc1cc(-c2ccccc2F)on1. The van der Waals surface area contributed by atoms with E-state index in [1.54, 1.807) is 36.4 Å². The molecule has 0 saturated carbocycles. The molecule has 1 aromatic heterocycles. The molecule has 7 heteroatoms. The van der Waals surface area contributed by atoms with Gasteiger partial charge >= 0.3 is 0 Å². The van der Waals surface area contributed by atoms with Crippen LogP contribution in [0.4, 0.5) is 4.39 Å². The van der Waals surface area contributed by atoms with Crippen molar-refractivity contribution in [2.24, 2.45) is 0 Å². The zero-order valence-corrected chi connectivity index (χ0v) is 14.0. The number of amides is 1. The van der Waals surface area contributed by atoms with Gasteiger partial charge in [0.15, 0.2) is 5.76 Å². The lowest BCUT2D eigenvalue weighted by atomic mass is 10.1. The molecule has 0 bridgehead atoms. The first-order valence-electron chi connectivity index (χ1n) is 7.40. The molecule has 3 aromatic rings. The van der Waals surface area contributed by atoms with Crippen LogP contribution in [0.25, 0.3) is 11.3 Å². The van der Waals surface area contributed by atoms with Gasteiger partial charge in [0.25, 0.3) is 5.91 Å². The zero-order chi connectivity index (χ0) is 17.8. The Morgan fingerprint density at radius 2 is 2.08 bits per heavy atom. The fourth-order valence-electron chi connectivity index (χ4n) is 2.31. The summed E-state index contributed by atoms with van der Waals surface area (Å²) >= 11 is 5.92. The zero-order valence-electron chi connectivity index (χ0n) is 13.3. The third-order valence-corrected chi connectivity index (χ3v) is 3.77. The van der Waals surface area contributed by atoms with Gasteiger partial charge in [-0.1, -0.05) is 28.9 Å². The summed E-state index contributed by atoms with van der Waals surface area (Å²) in [7, 11) is 1.47. The molecule has 1 heterocycles. The van der Waals surface area contributed by atoms with Crippen molar-refractivity contribution in [2.75, 3.05) is 7.11 Å². The molecule has 2 aromatic carbocycles. The number of hydrogen-bond acceptors (Lipinski definition) is 4. The summed E-state index contributed by atoms with van der Waals surface area (Å²) in [5.74, 6) is -0.0653. The first-order valence-corrected chi connectivity index (χ1v) is 7.78. The van der Waals surface area contributed by atoms with Crippen molar-refractivity contribution in [3.8, 4) is 17.1 Å². The van der Waals surface area contributed by atoms with E-state index >= 15 is 0 Å². The van der Waals surface area contributed by atoms with Gasteiger partial charge < -0.3 is 14.6 Å². The van der Waals surface area contributed by atoms with Gasteiger partial charge in [-0.25, -0.2) is 4.39 Å². The lowest BCUT2D eigenvalue weighted by Crippen LogP contribution is -2.23. The van der Waals surface area contributed by atoms with Crippen molar-refractivity contribution in [1.29, 1.82) is 0 Å². The fourth-order valence-corrected chi connectivity index (χ4v) is 2.48. The molecule has 1 N–H and O–H groups in total. The quantitative estimate of drug-likeness (QED) is 0.744. The molecule has 1 amide bonds. The van der Waals surface area contributed by atoms with Gasteiger partial charge in [0.1, 0.15) is 17.3 Å². The van der Waals surface area contributed by atoms with Crippen LogP contribution in [-0.4, -0.2) is 18.2 Å². The lowest BCUT2D eigenvalue weighted by Gasteiger charge is -2.08. The van der Waals surface area contributed by atoms with Crippen LogP contribution in [0.5, 0.6) is 5.75 Å². The number of nitrogens with one attached hydrogen (secondary N) is 1. The molecule has 0 fully saturated rings. The van der Waals surface area contributed by atoms with Crippen molar-refractivity contribution >= 4 is 17.5 Å². The highest BCUT2D eigenvalue weighted by Crippen LogP contribution is 2.24. The fraction of sp³-hybridized carbons (Fsp3) is 0.111. The van der Waals surface area contributed by atoms with Gasteiger partial charge in [-0.05, 0) is 30.3 Å². The Morgan fingerprint density at radius 3 is 2.84 bits per heavy atom. The Morgan fingerprint density at radius 1 is 1.28 bits per heavy atom. The first kappa shape index (κ1) is 17.0. The van der Waals surface area contributed by atoms with Crippen LogP contribution < -0.4 is 10.1 Å². The minimum atomic E-state index is -0.405. The largest absolute Gasteiger partial charge is 0.496 e. The van der Waals surface area contributed by atoms with E-state index in [4.69, 9.17) is 20.9 Å². The van der Waals surface area contributed by atoms with Crippen LogP contribution in [0.3, 0.4) is 0 Å². The number of methoxy groups -OCH3 is 1. The molecule has 128 valence electrons. The number of benzene rings is 2. The summed E-state index contributed by atoms with van der Waals surface area (Å²) < 4.78 is 24.1. The number of hydrogen-bond donors (Lipinski definition) is 1. The summed E-state index contributed by atoms with van der Waals surface area (Å²) in [5, 5.41) is 6.97. The third-order valence-electron chi connectivity index (χ3n) is 3.53. The van der Waals surface area contributed by atoms with E-state index in [1.165, 1.54) is 19.2 Å². The topological polar surface area (TPSA) is 64.4 Å². The highest BCUT2D eigenvalue weighted by atomic mass is 35.5. The van der Waals surface area contributed by atoms with Gasteiger partial charge in [-0.2, -0.15) is 0 Å². The van der Waals surface area contributed by atoms with E-state index < -0.39 is 5.82 Å². The van der Waals surface area contributed by atoms with Crippen LogP contribution in [0.2, 0.25) is 5.02 Å². The number of nitrogens with zero attached hydrogens (tertiary/aromatic N) is 1. The van der Waals surface area contributed by atoms with Crippen molar-refractivity contribution in [2.45, 2.75) is 6.54 Å². The number of rotatable bonds is 5. The Balaban J connectivity index is 1.72. The van der Waals surface area contributed by atoms with E-state index in [0.29, 0.717) is 33.4 Å². The van der Waals surface area contributed by atoms with Gasteiger partial charge in [0.05, 0.1) is 24.8 Å². The maximum absolute atomic E-state index is 13.8. The smallest absolute Gasteiger partial charge is 0.255 e. The highest BCUT2D eigenvalue weighted by molar-refractivity contribution is 6.31. The minimum Gasteiger partial charge on any atom is -0.496 e. The molecular weight excluding hydrogens is 347 g/mol. The van der Waals surface area contributed by atoms with E-state index in [9.17, 15) is 9.18 Å². The summed E-state index contributed by atoms with van der Waals surface area (Å²) in [4.78, 5) is 12.3. The molecule has 0 aliphatic carbocycles. The monoisotopic (exact) mass is 360 g/mol. The molecule has 0 atom stereocenters. The molecule has 3 rings (SSSR count). The molecule has 25 heavy (non-hydrogen) atoms. The van der Waals surface area contributed by atoms with Crippen LogP contribution in [0.15, 0.2) is 53.1 Å². The van der Waals surface area contributed by atoms with E-state index in [1.807, 2.05) is 0 Å². The van der Waals surface area contributed by atoms with Crippen LogP contribution in [-0.2, 0) is 6.54 Å². The van der Waals surface area contributed by atoms with Crippen molar-refractivity contribution in [3.63, 3.8) is 0 Å². The molecule has 0 spiro atoms. The van der Waals surface area contributed by atoms with E-state index in [0.717, 1.165) is 0 Å². The molecule has 0 radical (unpaired) electrons. The Labute approximate surface area is 148 Å². The normalized spacial score (nSPS) is 10.5. The predicted octanol–water partition coefficient (Wildman–Crippen LogP) is 4.07. The molecule has 0 unspecified atom stereocenters. The summed E-state index contributed by atoms with van der Waals surface area (Å²) in [6.45, 7) is 0.118. The molecule has 0 aliphatic heterocycles. The maximum atomic E-state index is 13.8. The second-order valence-corrected chi connectivity index (χ2v) is 5.63. The summed E-state index contributed by atoms with van der Waals surface area (Å²) in [5.41, 5.74) is 1.09. The lowest BCUT2D eigenvalue weighted by molar-refractivity contribution is 0.0947.